The molecule has 0 fully saturated rings. The van der Waals surface area contributed by atoms with Crippen LogP contribution in [0.3, 0.4) is 0 Å². The molecule has 0 radical (unpaired) electrons. The van der Waals surface area contributed by atoms with Crippen molar-refractivity contribution in [2.24, 2.45) is 0 Å². The number of carbonyl (C=O) groups excluding carboxylic acids is 2. The molecule has 1 heterocycles. The van der Waals surface area contributed by atoms with Crippen LogP contribution in [-0.2, 0) is 16.1 Å². The van der Waals surface area contributed by atoms with E-state index in [9.17, 15) is 9.59 Å². The molecule has 3 aromatic rings. The van der Waals surface area contributed by atoms with Crippen LogP contribution >= 0.6 is 0 Å². The molecule has 2 atom stereocenters. The highest BCUT2D eigenvalue weighted by Crippen LogP contribution is 2.18. The summed E-state index contributed by atoms with van der Waals surface area (Å²) in [6.45, 7) is 4.21. The van der Waals surface area contributed by atoms with Gasteiger partial charge in [0.1, 0.15) is 12.7 Å². The fraction of sp³-hybridized carbons (Fsp3) is 0.304. The van der Waals surface area contributed by atoms with E-state index in [2.05, 4.69) is 22.3 Å². The van der Waals surface area contributed by atoms with Crippen LogP contribution in [0.2, 0.25) is 0 Å². The second kappa shape index (κ2) is 10.3. The van der Waals surface area contributed by atoms with Crippen molar-refractivity contribution in [2.45, 2.75) is 45.4 Å². The van der Waals surface area contributed by atoms with Gasteiger partial charge in [-0.3, -0.25) is 4.79 Å². The average molecular weight is 406 g/mol. The smallest absolute Gasteiger partial charge is 0.338 e. The van der Waals surface area contributed by atoms with Crippen molar-refractivity contribution >= 4 is 11.9 Å². The van der Waals surface area contributed by atoms with Crippen LogP contribution in [0, 0.1) is 0 Å². The Labute approximate surface area is 176 Å². The predicted octanol–water partition coefficient (Wildman–Crippen LogP) is 3.53. The summed E-state index contributed by atoms with van der Waals surface area (Å²) in [5, 5.41) is 7.05. The standard InChI is InChI=1S/C23H26N4O3/c1-3-7-21(19-8-5-4-6-9-19)26-22(28)17(2)30-23(29)20-12-10-18(11-13-20)14-27-16-24-15-25-27/h4-6,8-13,15-17,21H,3,7,14H2,1-2H3,(H,26,28). The molecule has 3 rings (SSSR count). The van der Waals surface area contributed by atoms with Crippen LogP contribution in [0.4, 0.5) is 0 Å². The Balaban J connectivity index is 1.56. The fourth-order valence-electron chi connectivity index (χ4n) is 3.12. The van der Waals surface area contributed by atoms with Gasteiger partial charge in [0.2, 0.25) is 0 Å². The van der Waals surface area contributed by atoms with Gasteiger partial charge in [0.25, 0.3) is 5.91 Å². The Kier molecular flexibility index (Phi) is 7.32. The van der Waals surface area contributed by atoms with E-state index in [-0.39, 0.29) is 11.9 Å². The minimum Gasteiger partial charge on any atom is -0.449 e. The zero-order chi connectivity index (χ0) is 21.3. The molecule has 156 valence electrons. The molecule has 0 aliphatic heterocycles. The molecule has 7 nitrogen and oxygen atoms in total. The van der Waals surface area contributed by atoms with Crippen molar-refractivity contribution in [1.82, 2.24) is 20.1 Å². The summed E-state index contributed by atoms with van der Waals surface area (Å²) in [4.78, 5) is 28.9. The van der Waals surface area contributed by atoms with Crippen LogP contribution in [0.15, 0.2) is 67.3 Å². The van der Waals surface area contributed by atoms with Gasteiger partial charge >= 0.3 is 5.97 Å². The number of hydrogen-bond donors (Lipinski definition) is 1. The number of nitrogens with one attached hydrogen (secondary N) is 1. The van der Waals surface area contributed by atoms with Gasteiger partial charge in [0, 0.05) is 0 Å². The third-order valence-corrected chi connectivity index (χ3v) is 4.75. The van der Waals surface area contributed by atoms with Crippen LogP contribution in [0.25, 0.3) is 0 Å². The molecule has 2 aromatic carbocycles. The molecule has 1 N–H and O–H groups in total. The largest absolute Gasteiger partial charge is 0.449 e. The van der Waals surface area contributed by atoms with Gasteiger partial charge in [0.15, 0.2) is 6.10 Å². The molecule has 1 aromatic heterocycles. The number of esters is 1. The number of amides is 1. The Bertz CT molecular complexity index is 940. The zero-order valence-corrected chi connectivity index (χ0v) is 17.2. The summed E-state index contributed by atoms with van der Waals surface area (Å²) in [5.41, 5.74) is 2.41. The first-order valence-electron chi connectivity index (χ1n) is 10.0. The predicted molar refractivity (Wildman–Crippen MR) is 113 cm³/mol. The van der Waals surface area contributed by atoms with Crippen molar-refractivity contribution in [2.75, 3.05) is 0 Å². The lowest BCUT2D eigenvalue weighted by atomic mass is 10.0. The number of hydrogen-bond acceptors (Lipinski definition) is 5. The molecule has 0 saturated heterocycles. The van der Waals surface area contributed by atoms with Crippen molar-refractivity contribution < 1.29 is 14.3 Å². The topological polar surface area (TPSA) is 86.1 Å². The van der Waals surface area contributed by atoms with Gasteiger partial charge in [-0.05, 0) is 36.6 Å². The van der Waals surface area contributed by atoms with Crippen LogP contribution in [0.5, 0.6) is 0 Å². The first-order valence-corrected chi connectivity index (χ1v) is 10.0. The van der Waals surface area contributed by atoms with E-state index in [4.69, 9.17) is 4.74 Å². The van der Waals surface area contributed by atoms with Crippen LogP contribution < -0.4 is 5.32 Å². The number of nitrogens with zero attached hydrogens (tertiary/aromatic N) is 3. The molecular weight excluding hydrogens is 380 g/mol. The van der Waals surface area contributed by atoms with E-state index >= 15 is 0 Å². The number of carbonyl (C=O) groups is 2. The van der Waals surface area contributed by atoms with Crippen LogP contribution in [0.1, 0.15) is 54.2 Å². The third-order valence-electron chi connectivity index (χ3n) is 4.75. The summed E-state index contributed by atoms with van der Waals surface area (Å²) in [6.07, 6.45) is 3.94. The van der Waals surface area contributed by atoms with Gasteiger partial charge in [-0.1, -0.05) is 55.8 Å². The summed E-state index contributed by atoms with van der Waals surface area (Å²) < 4.78 is 7.07. The first kappa shape index (κ1) is 21.2. The van der Waals surface area contributed by atoms with Crippen molar-refractivity contribution in [1.29, 1.82) is 0 Å². The maximum atomic E-state index is 12.6. The lowest BCUT2D eigenvalue weighted by Gasteiger charge is -2.21. The van der Waals surface area contributed by atoms with Crippen molar-refractivity contribution in [3.05, 3.63) is 83.9 Å². The summed E-state index contributed by atoms with van der Waals surface area (Å²) in [5.74, 6) is -0.842. The molecule has 30 heavy (non-hydrogen) atoms. The molecule has 0 saturated carbocycles. The first-order chi connectivity index (χ1) is 14.6. The van der Waals surface area contributed by atoms with E-state index in [0.717, 1.165) is 24.0 Å². The van der Waals surface area contributed by atoms with E-state index in [1.54, 1.807) is 30.1 Å². The number of rotatable bonds is 9. The number of benzene rings is 2. The van der Waals surface area contributed by atoms with Crippen molar-refractivity contribution in [3.8, 4) is 0 Å². The molecule has 0 aliphatic rings. The normalized spacial score (nSPS) is 12.7. The SMILES string of the molecule is CCCC(NC(=O)C(C)OC(=O)c1ccc(Cn2cncn2)cc1)c1ccccc1. The second-order valence-corrected chi connectivity index (χ2v) is 7.10. The van der Waals surface area contributed by atoms with Gasteiger partial charge in [-0.2, -0.15) is 5.10 Å². The average Bonchev–Trinajstić information content (AvgIpc) is 3.27. The monoisotopic (exact) mass is 406 g/mol. The third kappa shape index (κ3) is 5.76. The molecule has 1 amide bonds. The Morgan fingerprint density at radius 1 is 1.10 bits per heavy atom. The maximum Gasteiger partial charge on any atom is 0.338 e. The lowest BCUT2D eigenvalue weighted by Crippen LogP contribution is -2.38. The number of aromatic nitrogens is 3. The molecule has 0 bridgehead atoms. The summed E-state index contributed by atoms with van der Waals surface area (Å²) in [7, 11) is 0. The van der Waals surface area contributed by atoms with Gasteiger partial charge in [0.05, 0.1) is 18.2 Å². The molecule has 0 aliphatic carbocycles. The molecule has 7 heteroatoms. The minimum atomic E-state index is -0.893. The van der Waals surface area contributed by atoms with E-state index in [1.165, 1.54) is 6.33 Å². The fourth-order valence-corrected chi connectivity index (χ4v) is 3.12. The summed E-state index contributed by atoms with van der Waals surface area (Å²) in [6, 6.07) is 16.7. The molecule has 2 unspecified atom stereocenters. The highest BCUT2D eigenvalue weighted by atomic mass is 16.5. The Morgan fingerprint density at radius 2 is 1.83 bits per heavy atom. The van der Waals surface area contributed by atoms with Gasteiger partial charge in [-0.25, -0.2) is 14.5 Å². The van der Waals surface area contributed by atoms with E-state index < -0.39 is 12.1 Å². The highest BCUT2D eigenvalue weighted by Gasteiger charge is 2.22. The highest BCUT2D eigenvalue weighted by molar-refractivity contribution is 5.92. The molecule has 0 spiro atoms. The van der Waals surface area contributed by atoms with Gasteiger partial charge < -0.3 is 10.1 Å². The summed E-state index contributed by atoms with van der Waals surface area (Å²) >= 11 is 0. The maximum absolute atomic E-state index is 12.6. The lowest BCUT2D eigenvalue weighted by molar-refractivity contribution is -0.129. The molecular formula is C23H26N4O3. The quantitative estimate of drug-likeness (QED) is 0.550. The Morgan fingerprint density at radius 3 is 2.47 bits per heavy atom. The minimum absolute atomic E-state index is 0.110. The van der Waals surface area contributed by atoms with E-state index in [1.807, 2.05) is 42.5 Å². The van der Waals surface area contributed by atoms with E-state index in [0.29, 0.717) is 12.1 Å². The van der Waals surface area contributed by atoms with Gasteiger partial charge in [-0.15, -0.1) is 0 Å². The second-order valence-electron chi connectivity index (χ2n) is 7.10. The Hall–Kier alpha value is -3.48. The number of ether oxygens (including phenoxy) is 1. The zero-order valence-electron chi connectivity index (χ0n) is 17.2. The van der Waals surface area contributed by atoms with Crippen molar-refractivity contribution in [3.63, 3.8) is 0 Å². The van der Waals surface area contributed by atoms with Crippen LogP contribution in [-0.4, -0.2) is 32.7 Å².